The fourth-order valence-electron chi connectivity index (χ4n) is 4.25. The molecule has 0 radical (unpaired) electrons. The fraction of sp³-hybridized carbons (Fsp3) is 0.522. The van der Waals surface area contributed by atoms with Gasteiger partial charge in [-0.2, -0.15) is 0 Å². The van der Waals surface area contributed by atoms with Gasteiger partial charge in [0.2, 0.25) is 0 Å². The van der Waals surface area contributed by atoms with Crippen molar-refractivity contribution in [3.8, 4) is 0 Å². The summed E-state index contributed by atoms with van der Waals surface area (Å²) >= 11 is 0. The Morgan fingerprint density at radius 3 is 2.84 bits per heavy atom. The van der Waals surface area contributed by atoms with E-state index in [4.69, 9.17) is 4.99 Å². The number of nitrogens with zero attached hydrogens (tertiary/aromatic N) is 5. The van der Waals surface area contributed by atoms with Crippen molar-refractivity contribution >= 4 is 40.8 Å². The Kier molecular flexibility index (Phi) is 8.92. The molecule has 0 amide bonds. The molecular formula is C23H35IN8. The number of fused-ring (bicyclic) bond motifs is 1. The molecule has 2 aromatic heterocycles. The summed E-state index contributed by atoms with van der Waals surface area (Å²) in [6.45, 7) is 8.70. The Hall–Kier alpha value is -2.14. The van der Waals surface area contributed by atoms with Crippen molar-refractivity contribution in [2.45, 2.75) is 45.7 Å². The maximum Gasteiger partial charge on any atom is 0.191 e. The Bertz CT molecular complexity index is 991. The second kappa shape index (κ2) is 11.6. The molecule has 8 nitrogen and oxygen atoms in total. The molecule has 3 aromatic rings. The molecule has 1 aromatic carbocycles. The van der Waals surface area contributed by atoms with Crippen molar-refractivity contribution in [2.75, 3.05) is 26.2 Å². The smallest absolute Gasteiger partial charge is 0.191 e. The first-order chi connectivity index (χ1) is 15.1. The van der Waals surface area contributed by atoms with Crippen LogP contribution in [0.1, 0.15) is 37.1 Å². The lowest BCUT2D eigenvalue weighted by molar-refractivity contribution is 0.267. The third kappa shape index (κ3) is 6.00. The summed E-state index contributed by atoms with van der Waals surface area (Å²) in [5, 5.41) is 16.7. The second-order valence-corrected chi connectivity index (χ2v) is 8.25. The number of rotatable bonds is 8. The molecule has 0 aliphatic carbocycles. The van der Waals surface area contributed by atoms with Gasteiger partial charge in [0.1, 0.15) is 12.4 Å². The summed E-state index contributed by atoms with van der Waals surface area (Å²) < 4.78 is 1.99. The molecule has 4 rings (SSSR count). The number of hydrogen-bond donors (Lipinski definition) is 3. The number of nitrogens with one attached hydrogen (secondary N) is 3. The normalized spacial score (nSPS) is 17.0. The lowest BCUT2D eigenvalue weighted by Crippen LogP contribution is -2.45. The van der Waals surface area contributed by atoms with E-state index in [1.807, 2.05) is 18.5 Å². The van der Waals surface area contributed by atoms with Gasteiger partial charge in [-0.3, -0.25) is 4.90 Å². The number of para-hydroxylation sites is 1. The first-order valence-electron chi connectivity index (χ1n) is 11.3. The molecular weight excluding hydrogens is 515 g/mol. The fourth-order valence-corrected chi connectivity index (χ4v) is 4.25. The molecule has 3 N–H and O–H groups in total. The van der Waals surface area contributed by atoms with Crippen LogP contribution in [-0.4, -0.2) is 62.8 Å². The summed E-state index contributed by atoms with van der Waals surface area (Å²) in [6, 6.07) is 11.2. The van der Waals surface area contributed by atoms with Crippen LogP contribution in [0.3, 0.4) is 0 Å². The SMILES string of the molecule is CCN1CCCC1CNC(=NCc1nnc(C)n1C)NCCc1cc2ccccc2[nH]1.I. The molecule has 1 saturated heterocycles. The number of hydrogen-bond acceptors (Lipinski definition) is 4. The van der Waals surface area contributed by atoms with Crippen molar-refractivity contribution in [1.82, 2.24) is 35.3 Å². The van der Waals surface area contributed by atoms with Crippen molar-refractivity contribution in [3.05, 3.63) is 47.7 Å². The van der Waals surface area contributed by atoms with Gasteiger partial charge in [0, 0.05) is 43.8 Å². The number of halogens is 1. The Morgan fingerprint density at radius 2 is 2.09 bits per heavy atom. The standard InChI is InChI=1S/C23H34N8.HI/c1-4-31-13-7-9-20(31)15-25-23(26-16-22-29-28-17(2)30(22)3)24-12-11-19-14-18-8-5-6-10-21(18)27-19;/h5-6,8,10,14,20,27H,4,7,9,11-13,15-16H2,1-3H3,(H2,24,25,26);1H. The third-order valence-corrected chi connectivity index (χ3v) is 6.24. The van der Waals surface area contributed by atoms with Crippen LogP contribution in [0.2, 0.25) is 0 Å². The van der Waals surface area contributed by atoms with Crippen LogP contribution in [0, 0.1) is 6.92 Å². The van der Waals surface area contributed by atoms with E-state index in [0.717, 1.165) is 43.7 Å². The van der Waals surface area contributed by atoms with E-state index < -0.39 is 0 Å². The zero-order valence-electron chi connectivity index (χ0n) is 19.3. The van der Waals surface area contributed by atoms with E-state index in [1.165, 1.54) is 36.0 Å². The van der Waals surface area contributed by atoms with Gasteiger partial charge in [-0.1, -0.05) is 25.1 Å². The number of likely N-dealkylation sites (tertiary alicyclic amines) is 1. The average molecular weight is 550 g/mol. The number of benzene rings is 1. The molecule has 0 spiro atoms. The van der Waals surface area contributed by atoms with Gasteiger partial charge in [0.15, 0.2) is 11.8 Å². The number of guanidine groups is 1. The molecule has 3 heterocycles. The lowest BCUT2D eigenvalue weighted by atomic mass is 10.2. The van der Waals surface area contributed by atoms with E-state index in [1.54, 1.807) is 0 Å². The van der Waals surface area contributed by atoms with Gasteiger partial charge in [-0.15, -0.1) is 34.2 Å². The highest BCUT2D eigenvalue weighted by Gasteiger charge is 2.22. The summed E-state index contributed by atoms with van der Waals surface area (Å²) in [5.74, 6) is 2.60. The van der Waals surface area contributed by atoms with Crippen LogP contribution < -0.4 is 10.6 Å². The largest absolute Gasteiger partial charge is 0.358 e. The van der Waals surface area contributed by atoms with Crippen molar-refractivity contribution in [3.63, 3.8) is 0 Å². The van der Waals surface area contributed by atoms with Crippen molar-refractivity contribution < 1.29 is 0 Å². The summed E-state index contributed by atoms with van der Waals surface area (Å²) in [6.07, 6.45) is 3.42. The molecule has 1 atom stereocenters. The molecule has 1 aliphatic heterocycles. The molecule has 0 saturated carbocycles. The number of aryl methyl sites for hydroxylation is 1. The van der Waals surface area contributed by atoms with E-state index in [-0.39, 0.29) is 24.0 Å². The number of H-pyrrole nitrogens is 1. The highest BCUT2D eigenvalue weighted by molar-refractivity contribution is 14.0. The highest BCUT2D eigenvalue weighted by Crippen LogP contribution is 2.16. The molecule has 1 aliphatic rings. The lowest BCUT2D eigenvalue weighted by Gasteiger charge is -2.24. The minimum Gasteiger partial charge on any atom is -0.358 e. The maximum atomic E-state index is 4.80. The van der Waals surface area contributed by atoms with Crippen molar-refractivity contribution in [2.24, 2.45) is 12.0 Å². The topological polar surface area (TPSA) is 86.2 Å². The third-order valence-electron chi connectivity index (χ3n) is 6.24. The monoisotopic (exact) mass is 550 g/mol. The molecule has 174 valence electrons. The summed E-state index contributed by atoms with van der Waals surface area (Å²) in [7, 11) is 1.98. The van der Waals surface area contributed by atoms with E-state index in [9.17, 15) is 0 Å². The minimum absolute atomic E-state index is 0. The Morgan fingerprint density at radius 1 is 1.25 bits per heavy atom. The number of likely N-dealkylation sites (N-methyl/N-ethyl adjacent to an activating group) is 1. The van der Waals surface area contributed by atoms with Crippen LogP contribution >= 0.6 is 24.0 Å². The number of aromatic nitrogens is 4. The number of aliphatic imine (C=N–C) groups is 1. The summed E-state index contributed by atoms with van der Waals surface area (Å²) in [5.41, 5.74) is 2.41. The predicted molar refractivity (Wildman–Crippen MR) is 141 cm³/mol. The first-order valence-corrected chi connectivity index (χ1v) is 11.3. The van der Waals surface area contributed by atoms with Crippen LogP contribution in [0.4, 0.5) is 0 Å². The minimum atomic E-state index is 0. The van der Waals surface area contributed by atoms with E-state index >= 15 is 0 Å². The predicted octanol–water partition coefficient (Wildman–Crippen LogP) is 2.99. The number of aromatic amines is 1. The van der Waals surface area contributed by atoms with Crippen LogP contribution in [0.5, 0.6) is 0 Å². The Labute approximate surface area is 207 Å². The summed E-state index contributed by atoms with van der Waals surface area (Å²) in [4.78, 5) is 10.8. The van der Waals surface area contributed by atoms with Gasteiger partial charge >= 0.3 is 0 Å². The zero-order chi connectivity index (χ0) is 21.6. The van der Waals surface area contributed by atoms with E-state index in [2.05, 4.69) is 68.0 Å². The van der Waals surface area contributed by atoms with Crippen LogP contribution in [-0.2, 0) is 20.0 Å². The van der Waals surface area contributed by atoms with Gasteiger partial charge in [0.05, 0.1) is 0 Å². The quantitative estimate of drug-likeness (QED) is 0.228. The van der Waals surface area contributed by atoms with Gasteiger partial charge in [-0.25, -0.2) is 4.99 Å². The van der Waals surface area contributed by atoms with Crippen LogP contribution in [0.25, 0.3) is 10.9 Å². The molecule has 1 unspecified atom stereocenters. The second-order valence-electron chi connectivity index (χ2n) is 8.25. The van der Waals surface area contributed by atoms with Gasteiger partial charge < -0.3 is 20.2 Å². The first kappa shape index (κ1) is 24.5. The molecule has 32 heavy (non-hydrogen) atoms. The molecule has 1 fully saturated rings. The van der Waals surface area contributed by atoms with Crippen molar-refractivity contribution in [1.29, 1.82) is 0 Å². The molecule has 0 bridgehead atoms. The molecule has 9 heteroatoms. The van der Waals surface area contributed by atoms with Gasteiger partial charge in [-0.05, 0) is 50.4 Å². The van der Waals surface area contributed by atoms with Gasteiger partial charge in [0.25, 0.3) is 0 Å². The Balaban J connectivity index is 0.00000289. The zero-order valence-corrected chi connectivity index (χ0v) is 21.6. The average Bonchev–Trinajstić information content (AvgIpc) is 3.49. The van der Waals surface area contributed by atoms with E-state index in [0.29, 0.717) is 12.6 Å². The highest BCUT2D eigenvalue weighted by atomic mass is 127. The maximum absolute atomic E-state index is 4.80. The van der Waals surface area contributed by atoms with Crippen LogP contribution in [0.15, 0.2) is 35.3 Å².